The Morgan fingerprint density at radius 1 is 0.946 bits per heavy atom. The Hall–Kier alpha value is -3.59. The van der Waals surface area contributed by atoms with E-state index in [4.69, 9.17) is 14.2 Å². The quantitative estimate of drug-likeness (QED) is 0.671. The van der Waals surface area contributed by atoms with E-state index in [1.807, 2.05) is 24.3 Å². The van der Waals surface area contributed by atoms with Crippen LogP contribution >= 0.6 is 0 Å². The van der Waals surface area contributed by atoms with Crippen molar-refractivity contribution in [2.45, 2.75) is 44.3 Å². The van der Waals surface area contributed by atoms with E-state index in [1.54, 1.807) is 18.7 Å². The number of anilines is 1. The van der Waals surface area contributed by atoms with Crippen molar-refractivity contribution in [2.24, 2.45) is 4.99 Å². The third-order valence-corrected chi connectivity index (χ3v) is 7.67. The van der Waals surface area contributed by atoms with E-state index in [9.17, 15) is 9.59 Å². The first-order valence-electron chi connectivity index (χ1n) is 12.9. The molecule has 0 aromatic heterocycles. The van der Waals surface area contributed by atoms with Crippen LogP contribution in [0.1, 0.15) is 32.3 Å². The first-order chi connectivity index (χ1) is 17.8. The summed E-state index contributed by atoms with van der Waals surface area (Å²) in [6, 6.07) is 14.6. The van der Waals surface area contributed by atoms with E-state index >= 15 is 0 Å². The summed E-state index contributed by atoms with van der Waals surface area (Å²) in [6.07, 6.45) is 2.53. The molecule has 9 nitrogen and oxygen atoms in total. The van der Waals surface area contributed by atoms with Crippen molar-refractivity contribution >= 4 is 23.6 Å². The number of amidine groups is 1. The molecule has 3 amide bonds. The number of rotatable bonds is 2. The van der Waals surface area contributed by atoms with E-state index < -0.39 is 5.60 Å². The number of carbonyl (C=O) groups excluding carboxylic acids is 2. The van der Waals surface area contributed by atoms with Gasteiger partial charge in [-0.3, -0.25) is 4.79 Å². The Bertz CT molecular complexity index is 1240. The molecule has 9 heteroatoms. The number of amides is 3. The van der Waals surface area contributed by atoms with Crippen LogP contribution in [0.3, 0.4) is 0 Å². The number of nitrogens with one attached hydrogen (secondary N) is 1. The highest BCUT2D eigenvalue weighted by atomic mass is 16.5. The molecule has 0 saturated carbocycles. The van der Waals surface area contributed by atoms with Gasteiger partial charge in [-0.25, -0.2) is 4.79 Å². The maximum absolute atomic E-state index is 12.4. The number of hydrogen-bond acceptors (Lipinski definition) is 6. The Balaban J connectivity index is 1.08. The molecule has 1 spiro atoms. The summed E-state index contributed by atoms with van der Waals surface area (Å²) in [4.78, 5) is 32.4. The van der Waals surface area contributed by atoms with Crippen molar-refractivity contribution in [3.05, 3.63) is 48.0 Å². The van der Waals surface area contributed by atoms with Crippen molar-refractivity contribution in [2.75, 3.05) is 44.7 Å². The number of benzene rings is 2. The Kier molecular flexibility index (Phi) is 5.82. The monoisotopic (exact) mass is 504 g/mol. The van der Waals surface area contributed by atoms with E-state index in [1.165, 1.54) is 5.56 Å². The van der Waals surface area contributed by atoms with Gasteiger partial charge in [-0.15, -0.1) is 0 Å². The normalized spacial score (nSPS) is 21.8. The lowest BCUT2D eigenvalue weighted by atomic mass is 9.86. The van der Waals surface area contributed by atoms with E-state index in [0.717, 1.165) is 54.9 Å². The summed E-state index contributed by atoms with van der Waals surface area (Å²) in [6.45, 7) is 7.36. The van der Waals surface area contributed by atoms with Crippen LogP contribution in [0.5, 0.6) is 5.75 Å². The summed E-state index contributed by atoms with van der Waals surface area (Å²) in [7, 11) is 0. The summed E-state index contributed by atoms with van der Waals surface area (Å²) < 4.78 is 17.6. The largest absolute Gasteiger partial charge is 0.487 e. The molecule has 194 valence electrons. The molecule has 0 unspecified atom stereocenters. The molecule has 4 aliphatic heterocycles. The van der Waals surface area contributed by atoms with Gasteiger partial charge in [0.05, 0.1) is 13.2 Å². The molecule has 0 radical (unpaired) electrons. The van der Waals surface area contributed by atoms with Crippen LogP contribution in [0.15, 0.2) is 47.5 Å². The van der Waals surface area contributed by atoms with Crippen molar-refractivity contribution in [1.82, 2.24) is 9.80 Å². The fraction of sp³-hybridized carbons (Fsp3) is 0.464. The van der Waals surface area contributed by atoms with E-state index in [2.05, 4.69) is 33.4 Å². The maximum atomic E-state index is 12.4. The predicted molar refractivity (Wildman–Crippen MR) is 139 cm³/mol. The summed E-state index contributed by atoms with van der Waals surface area (Å²) >= 11 is 0. The zero-order chi connectivity index (χ0) is 25.6. The number of piperidine rings is 1. The summed E-state index contributed by atoms with van der Waals surface area (Å²) in [5.41, 5.74) is 3.08. The number of nitrogens with zero attached hydrogens (tertiary/aromatic N) is 3. The Morgan fingerprint density at radius 2 is 1.65 bits per heavy atom. The van der Waals surface area contributed by atoms with Gasteiger partial charge < -0.3 is 29.3 Å². The molecule has 2 saturated heterocycles. The minimum atomic E-state index is -0.881. The maximum Gasteiger partial charge on any atom is 0.321 e. The number of ether oxygens (including phenoxy) is 3. The minimum absolute atomic E-state index is 0.0936. The first-order valence-corrected chi connectivity index (χ1v) is 12.9. The van der Waals surface area contributed by atoms with Crippen molar-refractivity contribution in [3.63, 3.8) is 0 Å². The van der Waals surface area contributed by atoms with Gasteiger partial charge >= 0.3 is 6.03 Å². The third kappa shape index (κ3) is 4.64. The number of fused-ring (bicyclic) bond motifs is 1. The van der Waals surface area contributed by atoms with Gasteiger partial charge in [0.25, 0.3) is 11.9 Å². The molecule has 0 atom stereocenters. The summed E-state index contributed by atoms with van der Waals surface area (Å²) in [5.74, 6) is 0.713. The van der Waals surface area contributed by atoms with Crippen LogP contribution in [0.25, 0.3) is 11.1 Å². The topological polar surface area (TPSA) is 92.7 Å². The van der Waals surface area contributed by atoms with Gasteiger partial charge in [-0.05, 0) is 54.8 Å². The molecule has 2 aromatic rings. The van der Waals surface area contributed by atoms with Gasteiger partial charge in [0.2, 0.25) is 0 Å². The second kappa shape index (κ2) is 9.06. The fourth-order valence-corrected chi connectivity index (χ4v) is 5.36. The fourth-order valence-electron chi connectivity index (χ4n) is 5.36. The lowest BCUT2D eigenvalue weighted by Crippen LogP contribution is -2.49. The van der Waals surface area contributed by atoms with Crippen LogP contribution < -0.4 is 10.1 Å². The third-order valence-electron chi connectivity index (χ3n) is 7.67. The predicted octanol–water partition coefficient (Wildman–Crippen LogP) is 3.68. The van der Waals surface area contributed by atoms with Gasteiger partial charge in [0.15, 0.2) is 5.60 Å². The minimum Gasteiger partial charge on any atom is -0.487 e. The molecule has 37 heavy (non-hydrogen) atoms. The molecule has 0 bridgehead atoms. The first kappa shape index (κ1) is 23.8. The van der Waals surface area contributed by atoms with Gasteiger partial charge in [0.1, 0.15) is 11.4 Å². The number of urea groups is 1. The van der Waals surface area contributed by atoms with Crippen molar-refractivity contribution in [1.29, 1.82) is 0 Å². The molecule has 6 rings (SSSR count). The highest BCUT2D eigenvalue weighted by Gasteiger charge is 2.45. The van der Waals surface area contributed by atoms with E-state index in [-0.39, 0.29) is 17.5 Å². The summed E-state index contributed by atoms with van der Waals surface area (Å²) in [5, 5.41) is 2.97. The average Bonchev–Trinajstić information content (AvgIpc) is 3.39. The van der Waals surface area contributed by atoms with Gasteiger partial charge in [-0.2, -0.15) is 4.99 Å². The number of morpholine rings is 1. The molecule has 1 N–H and O–H groups in total. The molecule has 0 aliphatic carbocycles. The van der Waals surface area contributed by atoms with Crippen molar-refractivity contribution < 1.29 is 23.8 Å². The van der Waals surface area contributed by atoms with Crippen LogP contribution in [-0.4, -0.2) is 78.4 Å². The second-order valence-electron chi connectivity index (χ2n) is 10.7. The lowest BCUT2D eigenvalue weighted by molar-refractivity contribution is -0.128. The van der Waals surface area contributed by atoms with Crippen LogP contribution in [0, 0.1) is 0 Å². The molecular weight excluding hydrogens is 472 g/mol. The van der Waals surface area contributed by atoms with Gasteiger partial charge in [0, 0.05) is 51.1 Å². The smallest absolute Gasteiger partial charge is 0.321 e. The van der Waals surface area contributed by atoms with Crippen LogP contribution in [0.2, 0.25) is 0 Å². The molecule has 2 fully saturated rings. The number of hydrogen-bond donors (Lipinski definition) is 1. The zero-order valence-electron chi connectivity index (χ0n) is 21.3. The van der Waals surface area contributed by atoms with Crippen LogP contribution in [0.4, 0.5) is 10.5 Å². The Morgan fingerprint density at radius 3 is 2.32 bits per heavy atom. The molecule has 4 heterocycles. The zero-order valence-corrected chi connectivity index (χ0v) is 21.3. The van der Waals surface area contributed by atoms with Gasteiger partial charge in [-0.1, -0.05) is 18.2 Å². The Labute approximate surface area is 216 Å². The molecular formula is C28H32N4O5. The second-order valence-corrected chi connectivity index (χ2v) is 10.7. The highest BCUT2D eigenvalue weighted by Crippen LogP contribution is 2.43. The SMILES string of the molecule is CC1(C)OC(N2CCC3(CC2)Cc2cc(-c4ccc(NC(=O)N5CCOCC5)cc4)ccc2O3)=NC1=O. The lowest BCUT2D eigenvalue weighted by Gasteiger charge is -2.39. The number of carbonyl (C=O) groups is 2. The molecule has 2 aromatic carbocycles. The standard InChI is InChI=1S/C28H32N4O5/c1-27(2)24(33)30-26(37-27)32-11-9-28(10-12-32)18-21-17-20(5-8-23(21)36-28)19-3-6-22(7-4-19)29-25(34)31-13-15-35-16-14-31/h3-8,17H,9-16,18H2,1-2H3,(H,29,34). The molecule has 4 aliphatic rings. The number of likely N-dealkylation sites (tertiary alicyclic amines) is 1. The highest BCUT2D eigenvalue weighted by molar-refractivity contribution is 6.00. The average molecular weight is 505 g/mol. The van der Waals surface area contributed by atoms with E-state index in [0.29, 0.717) is 32.3 Å². The number of aliphatic imine (C=N–C) groups is 1. The van der Waals surface area contributed by atoms with Crippen molar-refractivity contribution in [3.8, 4) is 16.9 Å². The van der Waals surface area contributed by atoms with Crippen LogP contribution in [-0.2, 0) is 20.7 Å².